The van der Waals surface area contributed by atoms with Crippen molar-refractivity contribution in [1.82, 2.24) is 15.1 Å². The highest BCUT2D eigenvalue weighted by Gasteiger charge is 2.32. The molecule has 20 heavy (non-hydrogen) atoms. The third-order valence-electron chi connectivity index (χ3n) is 4.03. The largest absolute Gasteiger partial charge is 0.339 e. The molecule has 6 nitrogen and oxygen atoms in total. The fraction of sp³-hybridized carbons (Fsp3) is 0.846. The lowest BCUT2D eigenvalue weighted by Crippen LogP contribution is -2.54. The second-order valence-electron chi connectivity index (χ2n) is 5.42. The quantitative estimate of drug-likeness (QED) is 0.775. The van der Waals surface area contributed by atoms with Crippen LogP contribution in [0.3, 0.4) is 0 Å². The van der Waals surface area contributed by atoms with E-state index in [4.69, 9.17) is 5.73 Å². The van der Waals surface area contributed by atoms with Gasteiger partial charge < -0.3 is 20.9 Å². The molecule has 2 rings (SSSR count). The van der Waals surface area contributed by atoms with E-state index in [0.29, 0.717) is 32.7 Å². The number of nitrogens with two attached hydrogens (primary N) is 1. The molecule has 1 aliphatic heterocycles. The first-order valence-corrected chi connectivity index (χ1v) is 7.19. The molecule has 2 aliphatic rings. The summed E-state index contributed by atoms with van der Waals surface area (Å²) in [5.74, 6) is 0.328. The summed E-state index contributed by atoms with van der Waals surface area (Å²) < 4.78 is 0. The fourth-order valence-electron chi connectivity index (χ4n) is 2.89. The molecular formula is C13H25ClN4O2. The monoisotopic (exact) mass is 304 g/mol. The fourth-order valence-corrected chi connectivity index (χ4v) is 2.89. The molecule has 1 saturated carbocycles. The minimum atomic E-state index is -0.0301. The van der Waals surface area contributed by atoms with Gasteiger partial charge in [0.05, 0.1) is 0 Å². The summed E-state index contributed by atoms with van der Waals surface area (Å²) in [6, 6.07) is 0.156. The van der Waals surface area contributed by atoms with E-state index in [0.717, 1.165) is 19.3 Å². The highest BCUT2D eigenvalue weighted by Crippen LogP contribution is 2.26. The number of nitrogens with one attached hydrogen (secondary N) is 1. The number of nitrogens with zero attached hydrogens (tertiary/aromatic N) is 2. The van der Waals surface area contributed by atoms with Crippen LogP contribution in [0.5, 0.6) is 0 Å². The van der Waals surface area contributed by atoms with Gasteiger partial charge in [0.15, 0.2) is 0 Å². The number of piperazine rings is 1. The first-order valence-electron chi connectivity index (χ1n) is 7.19. The molecule has 0 aromatic carbocycles. The molecule has 2 unspecified atom stereocenters. The summed E-state index contributed by atoms with van der Waals surface area (Å²) in [5.41, 5.74) is 5.86. The summed E-state index contributed by atoms with van der Waals surface area (Å²) >= 11 is 0. The van der Waals surface area contributed by atoms with Gasteiger partial charge in [0.2, 0.25) is 5.91 Å². The van der Waals surface area contributed by atoms with Crippen LogP contribution in [0.15, 0.2) is 0 Å². The van der Waals surface area contributed by atoms with Gasteiger partial charge in [0.1, 0.15) is 0 Å². The average molecular weight is 305 g/mol. The van der Waals surface area contributed by atoms with Gasteiger partial charge >= 0.3 is 6.03 Å². The van der Waals surface area contributed by atoms with Crippen molar-refractivity contribution in [3.8, 4) is 0 Å². The van der Waals surface area contributed by atoms with Gasteiger partial charge in [0, 0.05) is 44.7 Å². The van der Waals surface area contributed by atoms with Gasteiger partial charge in [-0.25, -0.2) is 4.79 Å². The summed E-state index contributed by atoms with van der Waals surface area (Å²) in [6.07, 6.45) is 2.68. The van der Waals surface area contributed by atoms with Gasteiger partial charge in [-0.3, -0.25) is 4.79 Å². The zero-order valence-electron chi connectivity index (χ0n) is 12.0. The van der Waals surface area contributed by atoms with Crippen LogP contribution in [0.2, 0.25) is 0 Å². The van der Waals surface area contributed by atoms with Crippen LogP contribution in [0, 0.1) is 5.92 Å². The molecule has 1 aliphatic carbocycles. The molecule has 1 saturated heterocycles. The van der Waals surface area contributed by atoms with E-state index < -0.39 is 0 Å². The number of halogens is 1. The van der Waals surface area contributed by atoms with E-state index in [1.54, 1.807) is 4.90 Å². The Kier molecular flexibility index (Phi) is 6.55. The first-order chi connectivity index (χ1) is 9.11. The lowest BCUT2D eigenvalue weighted by atomic mass is 10.1. The zero-order chi connectivity index (χ0) is 13.8. The van der Waals surface area contributed by atoms with Crippen molar-refractivity contribution in [1.29, 1.82) is 0 Å². The number of hydrogen-bond acceptors (Lipinski definition) is 3. The number of hydrogen-bond donors (Lipinski definition) is 2. The van der Waals surface area contributed by atoms with Crippen LogP contribution < -0.4 is 11.1 Å². The Morgan fingerprint density at radius 2 is 1.75 bits per heavy atom. The van der Waals surface area contributed by atoms with Crippen LogP contribution in [0.4, 0.5) is 4.79 Å². The molecule has 0 radical (unpaired) electrons. The van der Waals surface area contributed by atoms with Crippen molar-refractivity contribution in [3.63, 3.8) is 0 Å². The number of carbonyl (C=O) groups excluding carboxylic acids is 2. The summed E-state index contributed by atoms with van der Waals surface area (Å²) in [6.45, 7) is 5.06. The molecular weight excluding hydrogens is 280 g/mol. The highest BCUT2D eigenvalue weighted by molar-refractivity contribution is 5.85. The molecule has 7 heteroatoms. The van der Waals surface area contributed by atoms with Crippen molar-refractivity contribution >= 4 is 24.3 Å². The van der Waals surface area contributed by atoms with Gasteiger partial charge in [-0.15, -0.1) is 12.4 Å². The van der Waals surface area contributed by atoms with E-state index in [1.165, 1.54) is 0 Å². The number of carbonyl (C=O) groups is 2. The molecule has 2 fully saturated rings. The first kappa shape index (κ1) is 17.0. The van der Waals surface area contributed by atoms with Crippen LogP contribution in [0.25, 0.3) is 0 Å². The maximum absolute atomic E-state index is 12.3. The van der Waals surface area contributed by atoms with Crippen molar-refractivity contribution in [2.24, 2.45) is 11.7 Å². The molecule has 2 atom stereocenters. The minimum absolute atomic E-state index is 0. The topological polar surface area (TPSA) is 78.7 Å². The molecule has 0 bridgehead atoms. The normalized spacial score (nSPS) is 26.1. The Morgan fingerprint density at radius 3 is 2.25 bits per heavy atom. The second-order valence-corrected chi connectivity index (χ2v) is 5.42. The summed E-state index contributed by atoms with van der Waals surface area (Å²) in [5, 5.41) is 2.79. The van der Waals surface area contributed by atoms with Gasteiger partial charge in [-0.05, 0) is 26.2 Å². The maximum atomic E-state index is 12.3. The van der Waals surface area contributed by atoms with E-state index in [9.17, 15) is 9.59 Å². The average Bonchev–Trinajstić information content (AvgIpc) is 2.85. The third-order valence-corrected chi connectivity index (χ3v) is 4.03. The molecule has 0 aromatic rings. The lowest BCUT2D eigenvalue weighted by Gasteiger charge is -2.35. The van der Waals surface area contributed by atoms with Crippen molar-refractivity contribution < 1.29 is 9.59 Å². The van der Waals surface area contributed by atoms with Gasteiger partial charge in [-0.1, -0.05) is 0 Å². The van der Waals surface area contributed by atoms with Gasteiger partial charge in [0.25, 0.3) is 0 Å². The Hall–Kier alpha value is -1.01. The number of urea groups is 1. The van der Waals surface area contributed by atoms with Crippen LogP contribution in [0.1, 0.15) is 26.2 Å². The second kappa shape index (κ2) is 7.69. The SMILES string of the molecule is CCNC(=O)N1CCN(C(=O)C2CCC(N)C2)CC1.Cl. The molecule has 3 N–H and O–H groups in total. The Balaban J connectivity index is 0.00000200. The predicted octanol–water partition coefficient (Wildman–Crippen LogP) is 0.409. The number of amides is 3. The van der Waals surface area contributed by atoms with Crippen LogP contribution in [-0.4, -0.2) is 60.5 Å². The van der Waals surface area contributed by atoms with Crippen molar-refractivity contribution in [2.45, 2.75) is 32.2 Å². The minimum Gasteiger partial charge on any atom is -0.339 e. The highest BCUT2D eigenvalue weighted by atomic mass is 35.5. The molecule has 1 heterocycles. The van der Waals surface area contributed by atoms with E-state index in [-0.39, 0.29) is 36.3 Å². The molecule has 0 aromatic heterocycles. The third kappa shape index (κ3) is 3.99. The number of rotatable bonds is 2. The zero-order valence-corrected chi connectivity index (χ0v) is 12.8. The lowest BCUT2D eigenvalue weighted by molar-refractivity contribution is -0.136. The van der Waals surface area contributed by atoms with Crippen LogP contribution >= 0.6 is 12.4 Å². The van der Waals surface area contributed by atoms with E-state index >= 15 is 0 Å². The summed E-state index contributed by atoms with van der Waals surface area (Å²) in [4.78, 5) is 27.6. The Bertz CT molecular complexity index is 345. The predicted molar refractivity (Wildman–Crippen MR) is 79.8 cm³/mol. The van der Waals surface area contributed by atoms with E-state index in [1.807, 2.05) is 11.8 Å². The maximum Gasteiger partial charge on any atom is 0.317 e. The Morgan fingerprint density at radius 1 is 1.15 bits per heavy atom. The van der Waals surface area contributed by atoms with Crippen molar-refractivity contribution in [3.05, 3.63) is 0 Å². The molecule has 3 amide bonds. The van der Waals surface area contributed by atoms with Gasteiger partial charge in [-0.2, -0.15) is 0 Å². The van der Waals surface area contributed by atoms with E-state index in [2.05, 4.69) is 5.32 Å². The van der Waals surface area contributed by atoms with Crippen LogP contribution in [-0.2, 0) is 4.79 Å². The standard InChI is InChI=1S/C13H24N4O2.ClH/c1-2-15-13(19)17-7-5-16(6-8-17)12(18)10-3-4-11(14)9-10;/h10-11H,2-9,14H2,1H3,(H,15,19);1H. The molecule has 116 valence electrons. The smallest absolute Gasteiger partial charge is 0.317 e. The van der Waals surface area contributed by atoms with Crippen molar-refractivity contribution in [2.75, 3.05) is 32.7 Å². The molecule has 0 spiro atoms. The summed E-state index contributed by atoms with van der Waals surface area (Å²) in [7, 11) is 0. The Labute approximate surface area is 126 Å².